The van der Waals surface area contributed by atoms with Gasteiger partial charge in [0.1, 0.15) is 17.0 Å². The van der Waals surface area contributed by atoms with Gasteiger partial charge in [0.15, 0.2) is 34.5 Å². The molecule has 0 radical (unpaired) electrons. The van der Waals surface area contributed by atoms with Crippen LogP contribution in [0.25, 0.3) is 11.0 Å². The number of carbonyl (C=O) groups is 3. The number of hydrogen-bond donors (Lipinski definition) is 1. The van der Waals surface area contributed by atoms with Crippen LogP contribution >= 0.6 is 0 Å². The Morgan fingerprint density at radius 3 is 2.17 bits per heavy atom. The molecule has 10 nitrogen and oxygen atoms in total. The van der Waals surface area contributed by atoms with Gasteiger partial charge in [-0.15, -0.1) is 0 Å². The van der Waals surface area contributed by atoms with Gasteiger partial charge in [0, 0.05) is 11.5 Å². The lowest BCUT2D eigenvalue weighted by Gasteiger charge is -2.30. The first kappa shape index (κ1) is 33.4. The molecule has 0 saturated heterocycles. The first-order valence-electron chi connectivity index (χ1n) is 13.2. The Bertz CT molecular complexity index is 1830. The number of halogens is 5. The molecule has 1 N–H and O–H groups in total. The predicted octanol–water partition coefficient (Wildman–Crippen LogP) is 7.57. The highest BCUT2D eigenvalue weighted by atomic mass is 19.4. The average molecular weight is 648 g/mol. The standard InChI is InChI=1S/C31H26F5N3O7/c1-7-23(40)38-17-10-8-9-16(31(34,35)36)27(17)39(29(42)46-30(2,3)4)22-12-15-11-20(45-21(15)14-37-22)28(41)24-25(32)18(43-5)13-19(44-6)26(24)33/h7-14H,1H2,2-6H3,(H,38,40). The number of para-hydroxylation sites is 1. The molecule has 0 atom stereocenters. The Balaban J connectivity index is 1.93. The van der Waals surface area contributed by atoms with Gasteiger partial charge in [-0.25, -0.2) is 23.5 Å². The summed E-state index contributed by atoms with van der Waals surface area (Å²) >= 11 is 0. The van der Waals surface area contributed by atoms with Gasteiger partial charge in [-0.3, -0.25) is 9.59 Å². The first-order valence-corrected chi connectivity index (χ1v) is 13.2. The molecule has 0 aliphatic carbocycles. The summed E-state index contributed by atoms with van der Waals surface area (Å²) in [4.78, 5) is 43.5. The number of methoxy groups -OCH3 is 2. The Labute approximate surface area is 258 Å². The van der Waals surface area contributed by atoms with Crippen molar-refractivity contribution in [1.29, 1.82) is 0 Å². The second kappa shape index (κ2) is 12.5. The van der Waals surface area contributed by atoms with Crippen LogP contribution in [0.4, 0.5) is 43.9 Å². The maximum Gasteiger partial charge on any atom is 0.420 e. The summed E-state index contributed by atoms with van der Waals surface area (Å²) in [5.41, 5.74) is -4.98. The smallest absolute Gasteiger partial charge is 0.420 e. The molecule has 46 heavy (non-hydrogen) atoms. The minimum Gasteiger partial charge on any atom is -0.494 e. The number of ether oxygens (including phenoxy) is 3. The van der Waals surface area contributed by atoms with Crippen LogP contribution in [0.1, 0.15) is 42.5 Å². The van der Waals surface area contributed by atoms with Crippen molar-refractivity contribution in [3.8, 4) is 11.5 Å². The summed E-state index contributed by atoms with van der Waals surface area (Å²) in [6, 6.07) is 5.89. The predicted molar refractivity (Wildman–Crippen MR) is 156 cm³/mol. The number of fused-ring (bicyclic) bond motifs is 1. The van der Waals surface area contributed by atoms with Crippen molar-refractivity contribution in [3.63, 3.8) is 0 Å². The van der Waals surface area contributed by atoms with Crippen LogP contribution in [0.3, 0.4) is 0 Å². The fourth-order valence-corrected chi connectivity index (χ4v) is 4.28. The highest BCUT2D eigenvalue weighted by Crippen LogP contribution is 2.44. The van der Waals surface area contributed by atoms with Gasteiger partial charge in [0.25, 0.3) is 0 Å². The minimum absolute atomic E-state index is 0.00115. The molecule has 0 spiro atoms. The molecule has 4 rings (SSSR count). The van der Waals surface area contributed by atoms with Crippen molar-refractivity contribution in [2.24, 2.45) is 0 Å². The molecular formula is C31H26F5N3O7. The summed E-state index contributed by atoms with van der Waals surface area (Å²) < 4.78 is 93.7. The van der Waals surface area contributed by atoms with Crippen molar-refractivity contribution in [1.82, 2.24) is 4.98 Å². The number of nitrogens with one attached hydrogen (secondary N) is 1. The van der Waals surface area contributed by atoms with Crippen LogP contribution in [0.5, 0.6) is 11.5 Å². The number of amides is 2. The van der Waals surface area contributed by atoms with Crippen LogP contribution in [0.15, 0.2) is 59.7 Å². The van der Waals surface area contributed by atoms with Crippen molar-refractivity contribution in [3.05, 3.63) is 83.8 Å². The second-order valence-corrected chi connectivity index (χ2v) is 10.5. The summed E-state index contributed by atoms with van der Waals surface area (Å²) in [7, 11) is 2.19. The van der Waals surface area contributed by atoms with Gasteiger partial charge in [0.05, 0.1) is 37.4 Å². The molecule has 0 fully saturated rings. The van der Waals surface area contributed by atoms with E-state index in [1.54, 1.807) is 0 Å². The Morgan fingerprint density at radius 2 is 1.63 bits per heavy atom. The number of aromatic nitrogens is 1. The van der Waals surface area contributed by atoms with Crippen LogP contribution < -0.4 is 19.7 Å². The third-order valence-electron chi connectivity index (χ3n) is 6.23. The Hall–Kier alpha value is -5.47. The zero-order valence-electron chi connectivity index (χ0n) is 25.0. The number of nitrogens with zero attached hydrogens (tertiary/aromatic N) is 2. The van der Waals surface area contributed by atoms with Crippen molar-refractivity contribution in [2.75, 3.05) is 24.4 Å². The second-order valence-electron chi connectivity index (χ2n) is 10.5. The van der Waals surface area contributed by atoms with E-state index >= 15 is 8.78 Å². The van der Waals surface area contributed by atoms with E-state index < -0.39 is 86.8 Å². The molecule has 4 aromatic rings. The van der Waals surface area contributed by atoms with Gasteiger partial charge in [0.2, 0.25) is 11.7 Å². The average Bonchev–Trinajstić information content (AvgIpc) is 3.40. The molecule has 0 unspecified atom stereocenters. The molecule has 242 valence electrons. The molecule has 15 heteroatoms. The lowest BCUT2D eigenvalue weighted by Crippen LogP contribution is -2.36. The Kier molecular flexibility index (Phi) is 9.08. The van der Waals surface area contributed by atoms with Gasteiger partial charge >= 0.3 is 12.3 Å². The van der Waals surface area contributed by atoms with Gasteiger partial charge in [-0.05, 0) is 51.1 Å². The Morgan fingerprint density at radius 1 is 1.00 bits per heavy atom. The van der Waals surface area contributed by atoms with E-state index in [0.717, 1.165) is 56.8 Å². The van der Waals surface area contributed by atoms with E-state index in [-0.39, 0.29) is 11.0 Å². The number of ketones is 1. The normalized spacial score (nSPS) is 11.6. The van der Waals surface area contributed by atoms with Crippen molar-refractivity contribution >= 4 is 45.9 Å². The zero-order valence-corrected chi connectivity index (χ0v) is 25.0. The number of hydrogen-bond acceptors (Lipinski definition) is 8. The number of pyridine rings is 1. The summed E-state index contributed by atoms with van der Waals surface area (Å²) in [6.45, 7) is 7.74. The number of anilines is 3. The first-order chi connectivity index (χ1) is 21.5. The van der Waals surface area contributed by atoms with Crippen molar-refractivity contribution < 1.29 is 55.0 Å². The maximum absolute atomic E-state index is 15.0. The van der Waals surface area contributed by atoms with Gasteiger partial charge in [-0.2, -0.15) is 13.2 Å². The number of rotatable bonds is 8. The number of alkyl halides is 3. The van der Waals surface area contributed by atoms with Gasteiger partial charge < -0.3 is 23.9 Å². The zero-order chi connectivity index (χ0) is 34.1. The largest absolute Gasteiger partial charge is 0.494 e. The van der Waals surface area contributed by atoms with Crippen LogP contribution in [-0.4, -0.2) is 42.6 Å². The van der Waals surface area contributed by atoms with Crippen LogP contribution in [-0.2, 0) is 15.7 Å². The fraction of sp³-hybridized carbons (Fsp3) is 0.226. The van der Waals surface area contributed by atoms with E-state index in [0.29, 0.717) is 11.0 Å². The molecule has 0 aliphatic rings. The van der Waals surface area contributed by atoms with E-state index in [2.05, 4.69) is 16.9 Å². The third kappa shape index (κ3) is 6.62. The monoisotopic (exact) mass is 647 g/mol. The highest BCUT2D eigenvalue weighted by Gasteiger charge is 2.40. The number of benzene rings is 2. The number of furan rings is 1. The van der Waals surface area contributed by atoms with E-state index in [1.807, 2.05) is 0 Å². The maximum atomic E-state index is 15.0. The lowest BCUT2D eigenvalue weighted by atomic mass is 10.1. The van der Waals surface area contributed by atoms with Crippen molar-refractivity contribution in [2.45, 2.75) is 32.5 Å². The lowest BCUT2D eigenvalue weighted by molar-refractivity contribution is -0.137. The summed E-state index contributed by atoms with van der Waals surface area (Å²) in [5, 5.41) is 2.25. The highest BCUT2D eigenvalue weighted by molar-refractivity contribution is 6.10. The molecule has 2 aromatic carbocycles. The summed E-state index contributed by atoms with van der Waals surface area (Å²) in [5.74, 6) is -6.81. The fourth-order valence-electron chi connectivity index (χ4n) is 4.28. The molecule has 2 aromatic heterocycles. The van der Waals surface area contributed by atoms with E-state index in [4.69, 9.17) is 18.6 Å². The van der Waals surface area contributed by atoms with Crippen LogP contribution in [0.2, 0.25) is 0 Å². The molecule has 0 saturated carbocycles. The summed E-state index contributed by atoms with van der Waals surface area (Å²) in [6.07, 6.45) is -4.54. The topological polar surface area (TPSA) is 120 Å². The quantitative estimate of drug-likeness (QED) is 0.118. The van der Waals surface area contributed by atoms with E-state index in [9.17, 15) is 27.6 Å². The van der Waals surface area contributed by atoms with E-state index in [1.165, 1.54) is 20.8 Å². The number of carbonyl (C=O) groups excluding carboxylic acids is 3. The SMILES string of the molecule is C=CC(=O)Nc1cccc(C(F)(F)F)c1N(C(=O)OC(C)(C)C)c1cc2cc(C(=O)c3c(F)c(OC)cc(OC)c3F)oc2cn1. The molecule has 2 heterocycles. The molecule has 0 aliphatic heterocycles. The van der Waals surface area contributed by atoms with Crippen LogP contribution in [0, 0.1) is 11.6 Å². The molecular weight excluding hydrogens is 621 g/mol. The molecule has 2 amide bonds. The molecule has 0 bridgehead atoms. The minimum atomic E-state index is -5.03. The van der Waals surface area contributed by atoms with Gasteiger partial charge in [-0.1, -0.05) is 12.6 Å². The third-order valence-corrected chi connectivity index (χ3v) is 6.23.